The number of amidine groups is 1. The molecule has 2 aromatic carbocycles. The number of halogens is 2. The minimum absolute atomic E-state index is 0.159. The molecule has 0 atom stereocenters. The monoisotopic (exact) mass is 393 g/mol. The van der Waals surface area contributed by atoms with Crippen molar-refractivity contribution in [2.24, 2.45) is 10.9 Å². The predicted molar refractivity (Wildman–Crippen MR) is 105 cm³/mol. The molecule has 2 N–H and O–H groups in total. The highest BCUT2D eigenvalue weighted by Gasteiger charge is 2.11. The normalized spacial score (nSPS) is 15.8. The Morgan fingerprint density at radius 2 is 1.81 bits per heavy atom. The molecule has 2 aromatic rings. The van der Waals surface area contributed by atoms with Crippen LogP contribution in [0.3, 0.4) is 0 Å². The first-order chi connectivity index (χ1) is 12.6. The third kappa shape index (κ3) is 5.11. The Kier molecular flexibility index (Phi) is 6.74. The number of hydrogen-bond donors (Lipinski definition) is 1. The highest BCUT2D eigenvalue weighted by Crippen LogP contribution is 2.25. The summed E-state index contributed by atoms with van der Waals surface area (Å²) in [6.07, 6.45) is 0. The van der Waals surface area contributed by atoms with Crippen LogP contribution in [0.4, 0.5) is 0 Å². The summed E-state index contributed by atoms with van der Waals surface area (Å²) in [7, 11) is 0. The molecule has 3 rings (SSSR count). The van der Waals surface area contributed by atoms with E-state index < -0.39 is 0 Å². The van der Waals surface area contributed by atoms with Gasteiger partial charge in [0.05, 0.1) is 13.2 Å². The molecular weight excluding hydrogens is 373 g/mol. The maximum absolute atomic E-state index is 6.12. The summed E-state index contributed by atoms with van der Waals surface area (Å²) in [5.74, 6) is 0.317. The van der Waals surface area contributed by atoms with Gasteiger partial charge in [-0.3, -0.25) is 4.90 Å². The van der Waals surface area contributed by atoms with Crippen molar-refractivity contribution < 1.29 is 9.57 Å². The van der Waals surface area contributed by atoms with Gasteiger partial charge in [-0.1, -0.05) is 52.6 Å². The van der Waals surface area contributed by atoms with E-state index in [1.165, 1.54) is 5.56 Å². The van der Waals surface area contributed by atoms with E-state index in [4.69, 9.17) is 38.5 Å². The Morgan fingerprint density at radius 1 is 1.12 bits per heavy atom. The van der Waals surface area contributed by atoms with E-state index in [1.807, 2.05) is 18.2 Å². The van der Waals surface area contributed by atoms with E-state index >= 15 is 0 Å². The molecule has 0 amide bonds. The van der Waals surface area contributed by atoms with Crippen molar-refractivity contribution in [3.63, 3.8) is 0 Å². The van der Waals surface area contributed by atoms with E-state index in [0.29, 0.717) is 21.4 Å². The lowest BCUT2D eigenvalue weighted by Crippen LogP contribution is -2.35. The van der Waals surface area contributed by atoms with Crippen molar-refractivity contribution in [2.75, 3.05) is 26.3 Å². The van der Waals surface area contributed by atoms with Gasteiger partial charge < -0.3 is 15.3 Å². The van der Waals surface area contributed by atoms with Crippen molar-refractivity contribution in [1.82, 2.24) is 4.90 Å². The molecule has 26 heavy (non-hydrogen) atoms. The summed E-state index contributed by atoms with van der Waals surface area (Å²) in [6.45, 7) is 4.46. The van der Waals surface area contributed by atoms with Crippen molar-refractivity contribution in [2.45, 2.75) is 13.2 Å². The Hall–Kier alpha value is -1.79. The Morgan fingerprint density at radius 3 is 2.54 bits per heavy atom. The molecule has 0 spiro atoms. The molecule has 0 saturated carbocycles. The van der Waals surface area contributed by atoms with Crippen LogP contribution in [0.25, 0.3) is 0 Å². The first-order valence-corrected chi connectivity index (χ1v) is 9.17. The fraction of sp³-hybridized carbons (Fsp3) is 0.316. The maximum atomic E-state index is 6.12. The Bertz CT molecular complexity index is 757. The number of nitrogens with two attached hydrogens (primary N) is 1. The fourth-order valence-electron chi connectivity index (χ4n) is 2.74. The minimum atomic E-state index is 0.159. The van der Waals surface area contributed by atoms with E-state index in [2.05, 4.69) is 16.1 Å². The average Bonchev–Trinajstić information content (AvgIpc) is 2.65. The summed E-state index contributed by atoms with van der Waals surface area (Å²) in [6, 6.07) is 13.3. The zero-order chi connectivity index (χ0) is 18.4. The van der Waals surface area contributed by atoms with Crippen LogP contribution in [0.5, 0.6) is 0 Å². The quantitative estimate of drug-likeness (QED) is 0.462. The molecule has 1 saturated heterocycles. The molecule has 138 valence electrons. The van der Waals surface area contributed by atoms with Crippen LogP contribution in [0.1, 0.15) is 16.7 Å². The van der Waals surface area contributed by atoms with Gasteiger partial charge in [0.1, 0.15) is 6.61 Å². The molecule has 1 fully saturated rings. The molecule has 0 radical (unpaired) electrons. The summed E-state index contributed by atoms with van der Waals surface area (Å²) >= 11 is 12.2. The summed E-state index contributed by atoms with van der Waals surface area (Å²) < 4.78 is 5.38. The van der Waals surface area contributed by atoms with Gasteiger partial charge in [0.15, 0.2) is 5.84 Å². The molecule has 5 nitrogen and oxygen atoms in total. The third-order valence-corrected chi connectivity index (χ3v) is 4.87. The fourth-order valence-corrected chi connectivity index (χ4v) is 3.24. The van der Waals surface area contributed by atoms with Crippen LogP contribution < -0.4 is 5.73 Å². The lowest BCUT2D eigenvalue weighted by Gasteiger charge is -2.26. The Balaban J connectivity index is 1.62. The average molecular weight is 394 g/mol. The first-order valence-electron chi connectivity index (χ1n) is 8.41. The van der Waals surface area contributed by atoms with Gasteiger partial charge in [0.25, 0.3) is 0 Å². The summed E-state index contributed by atoms with van der Waals surface area (Å²) in [5, 5.41) is 5.08. The van der Waals surface area contributed by atoms with Gasteiger partial charge in [-0.15, -0.1) is 0 Å². The van der Waals surface area contributed by atoms with Crippen LogP contribution in [0.2, 0.25) is 10.0 Å². The first kappa shape index (κ1) is 19.0. The molecule has 1 heterocycles. The van der Waals surface area contributed by atoms with Gasteiger partial charge in [-0.25, -0.2) is 0 Å². The summed E-state index contributed by atoms with van der Waals surface area (Å²) in [4.78, 5) is 7.71. The number of nitrogens with zero attached hydrogens (tertiary/aromatic N) is 2. The lowest BCUT2D eigenvalue weighted by atomic mass is 10.1. The van der Waals surface area contributed by atoms with E-state index in [-0.39, 0.29) is 6.61 Å². The topological polar surface area (TPSA) is 60.1 Å². The Labute approximate surface area is 163 Å². The molecule has 1 aliphatic heterocycles. The van der Waals surface area contributed by atoms with Crippen LogP contribution in [0, 0.1) is 0 Å². The van der Waals surface area contributed by atoms with Gasteiger partial charge in [0.2, 0.25) is 0 Å². The standard InChI is InChI=1S/C19H21Cl2N3O2/c20-17-5-2-6-18(21)16(17)13-26-23-19(22)15-4-1-3-14(11-15)12-24-7-9-25-10-8-24/h1-6,11H,7-10,12-13H2,(H2,22,23). The number of ether oxygens (including phenoxy) is 1. The van der Waals surface area contributed by atoms with Crippen LogP contribution in [-0.4, -0.2) is 37.0 Å². The van der Waals surface area contributed by atoms with E-state index in [1.54, 1.807) is 18.2 Å². The zero-order valence-electron chi connectivity index (χ0n) is 14.3. The number of hydrogen-bond acceptors (Lipinski definition) is 4. The van der Waals surface area contributed by atoms with Gasteiger partial charge >= 0.3 is 0 Å². The zero-order valence-corrected chi connectivity index (χ0v) is 15.8. The van der Waals surface area contributed by atoms with Crippen LogP contribution >= 0.6 is 23.2 Å². The van der Waals surface area contributed by atoms with Gasteiger partial charge in [-0.05, 0) is 23.8 Å². The number of benzene rings is 2. The largest absolute Gasteiger partial charge is 0.389 e. The smallest absolute Gasteiger partial charge is 0.170 e. The minimum Gasteiger partial charge on any atom is -0.389 e. The van der Waals surface area contributed by atoms with Crippen molar-refractivity contribution in [1.29, 1.82) is 0 Å². The lowest BCUT2D eigenvalue weighted by molar-refractivity contribution is 0.0342. The van der Waals surface area contributed by atoms with Gasteiger partial charge in [-0.2, -0.15) is 0 Å². The molecular formula is C19H21Cl2N3O2. The molecule has 0 bridgehead atoms. The molecule has 0 unspecified atom stereocenters. The summed E-state index contributed by atoms with van der Waals surface area (Å²) in [5.41, 5.74) is 8.75. The van der Waals surface area contributed by atoms with Gasteiger partial charge in [0, 0.05) is 40.8 Å². The molecule has 1 aliphatic rings. The second kappa shape index (κ2) is 9.24. The predicted octanol–water partition coefficient (Wildman–Crippen LogP) is 3.66. The second-order valence-electron chi connectivity index (χ2n) is 6.04. The SMILES string of the molecule is NC(=NOCc1c(Cl)cccc1Cl)c1cccc(CN2CCOCC2)c1. The highest BCUT2D eigenvalue weighted by molar-refractivity contribution is 6.35. The van der Waals surface area contributed by atoms with Crippen molar-refractivity contribution in [3.8, 4) is 0 Å². The molecule has 7 heteroatoms. The third-order valence-electron chi connectivity index (χ3n) is 4.17. The number of oxime groups is 1. The maximum Gasteiger partial charge on any atom is 0.170 e. The highest BCUT2D eigenvalue weighted by atomic mass is 35.5. The van der Waals surface area contributed by atoms with Crippen LogP contribution in [0.15, 0.2) is 47.6 Å². The van der Waals surface area contributed by atoms with Crippen molar-refractivity contribution >= 4 is 29.0 Å². The molecule has 0 aromatic heterocycles. The number of rotatable bonds is 6. The second-order valence-corrected chi connectivity index (χ2v) is 6.85. The van der Waals surface area contributed by atoms with E-state index in [0.717, 1.165) is 38.4 Å². The van der Waals surface area contributed by atoms with Crippen molar-refractivity contribution in [3.05, 3.63) is 69.2 Å². The number of morpholine rings is 1. The molecule has 0 aliphatic carbocycles. The van der Waals surface area contributed by atoms with Crippen LogP contribution in [-0.2, 0) is 22.7 Å². The van der Waals surface area contributed by atoms with E-state index in [9.17, 15) is 0 Å².